The number of hydrogen-bond donors (Lipinski definition) is 1. The highest BCUT2D eigenvalue weighted by Gasteiger charge is 2.14. The average molecular weight is 280 g/mol. The van der Waals surface area contributed by atoms with Crippen molar-refractivity contribution in [1.82, 2.24) is 14.5 Å². The molecule has 0 radical (unpaired) electrons. The van der Waals surface area contributed by atoms with Crippen LogP contribution in [0.15, 0.2) is 28.6 Å². The molecule has 0 unspecified atom stereocenters. The molecule has 2 rings (SSSR count). The maximum absolute atomic E-state index is 10.7. The van der Waals surface area contributed by atoms with E-state index in [0.717, 1.165) is 0 Å². The van der Waals surface area contributed by atoms with Crippen molar-refractivity contribution in [2.45, 2.75) is 23.7 Å². The molecule has 0 saturated heterocycles. The topological polar surface area (TPSA) is 94.1 Å². The molecule has 0 amide bonds. The van der Waals surface area contributed by atoms with E-state index in [9.17, 15) is 10.1 Å². The quantitative estimate of drug-likeness (QED) is 0.676. The van der Waals surface area contributed by atoms with Gasteiger partial charge in [0.25, 0.3) is 5.69 Å². The van der Waals surface area contributed by atoms with Crippen molar-refractivity contribution < 1.29 is 10.0 Å². The van der Waals surface area contributed by atoms with Crippen LogP contribution < -0.4 is 0 Å². The summed E-state index contributed by atoms with van der Waals surface area (Å²) in [7, 11) is 1.79. The van der Waals surface area contributed by atoms with E-state index in [0.29, 0.717) is 21.4 Å². The lowest BCUT2D eigenvalue weighted by molar-refractivity contribution is -0.385. The van der Waals surface area contributed by atoms with Crippen LogP contribution in [0.4, 0.5) is 5.69 Å². The molecular formula is C11H12N4O3S. The molecule has 0 aliphatic carbocycles. The molecule has 8 heteroatoms. The second-order valence-corrected chi connectivity index (χ2v) is 4.90. The van der Waals surface area contributed by atoms with Crippen molar-refractivity contribution >= 4 is 17.4 Å². The molecule has 0 fully saturated rings. The number of nitrogens with zero attached hydrogens (tertiary/aromatic N) is 4. The highest BCUT2D eigenvalue weighted by Crippen LogP contribution is 2.28. The summed E-state index contributed by atoms with van der Waals surface area (Å²) >= 11 is 1.29. The molecule has 2 heterocycles. The molecule has 7 nitrogen and oxygen atoms in total. The van der Waals surface area contributed by atoms with Crippen molar-refractivity contribution in [1.29, 1.82) is 0 Å². The summed E-state index contributed by atoms with van der Waals surface area (Å²) in [6.07, 6.45) is 2.83. The molecule has 0 aliphatic heterocycles. The van der Waals surface area contributed by atoms with Gasteiger partial charge >= 0.3 is 0 Å². The Bertz CT molecular complexity index is 626. The first kappa shape index (κ1) is 13.5. The van der Waals surface area contributed by atoms with Crippen LogP contribution in [0, 0.1) is 17.0 Å². The Labute approximate surface area is 113 Å². The number of aryl methyl sites for hydroxylation is 1. The first-order chi connectivity index (χ1) is 9.02. The highest BCUT2D eigenvalue weighted by molar-refractivity contribution is 7.99. The van der Waals surface area contributed by atoms with Crippen molar-refractivity contribution in [2.75, 3.05) is 0 Å². The monoisotopic (exact) mass is 280 g/mol. The molecule has 0 aromatic carbocycles. The van der Waals surface area contributed by atoms with Gasteiger partial charge in [-0.15, -0.1) is 0 Å². The zero-order valence-electron chi connectivity index (χ0n) is 10.4. The number of hydrogen-bond acceptors (Lipinski definition) is 6. The number of aromatic nitrogens is 3. The second kappa shape index (κ2) is 5.37. The van der Waals surface area contributed by atoms with E-state index in [2.05, 4.69) is 9.97 Å². The smallest absolute Gasteiger partial charge is 0.290 e. The van der Waals surface area contributed by atoms with Crippen LogP contribution in [-0.2, 0) is 13.7 Å². The summed E-state index contributed by atoms with van der Waals surface area (Å²) in [4.78, 5) is 18.4. The van der Waals surface area contributed by atoms with Gasteiger partial charge in [-0.3, -0.25) is 10.1 Å². The predicted molar refractivity (Wildman–Crippen MR) is 68.9 cm³/mol. The summed E-state index contributed by atoms with van der Waals surface area (Å²) in [5.74, 6) is 0. The minimum Gasteiger partial charge on any atom is -0.390 e. The Morgan fingerprint density at radius 1 is 1.47 bits per heavy atom. The standard InChI is InChI=1S/C11H12N4O3S/c1-7-3-10(12-5-9(7)15(17)18)19-11-13-4-8(6-16)14(11)2/h3-5,16H,6H2,1-2H3. The minimum atomic E-state index is -0.457. The van der Waals surface area contributed by atoms with Crippen molar-refractivity contribution in [3.05, 3.63) is 39.8 Å². The number of aliphatic hydroxyl groups excluding tert-OH is 1. The van der Waals surface area contributed by atoms with Crippen LogP contribution in [0.1, 0.15) is 11.3 Å². The third kappa shape index (κ3) is 2.74. The minimum absolute atomic E-state index is 0.000220. The van der Waals surface area contributed by atoms with Crippen molar-refractivity contribution in [3.8, 4) is 0 Å². The van der Waals surface area contributed by atoms with Crippen LogP contribution in [0.25, 0.3) is 0 Å². The van der Waals surface area contributed by atoms with Crippen LogP contribution in [0.5, 0.6) is 0 Å². The van der Waals surface area contributed by atoms with Crippen LogP contribution in [0.3, 0.4) is 0 Å². The van der Waals surface area contributed by atoms with E-state index >= 15 is 0 Å². The maximum atomic E-state index is 10.7. The van der Waals surface area contributed by atoms with Crippen molar-refractivity contribution in [3.63, 3.8) is 0 Å². The second-order valence-electron chi connectivity index (χ2n) is 3.92. The third-order valence-corrected chi connectivity index (χ3v) is 3.65. The summed E-state index contributed by atoms with van der Waals surface area (Å²) in [6, 6.07) is 1.65. The lowest BCUT2D eigenvalue weighted by Crippen LogP contribution is -1.98. The summed E-state index contributed by atoms with van der Waals surface area (Å²) < 4.78 is 1.75. The Balaban J connectivity index is 2.26. The first-order valence-electron chi connectivity index (χ1n) is 5.43. The lowest BCUT2D eigenvalue weighted by Gasteiger charge is -2.04. The van der Waals surface area contributed by atoms with Gasteiger partial charge in [0.15, 0.2) is 5.16 Å². The summed E-state index contributed by atoms with van der Waals surface area (Å²) in [6.45, 7) is 1.58. The van der Waals surface area contributed by atoms with Crippen molar-refractivity contribution in [2.24, 2.45) is 7.05 Å². The van der Waals surface area contributed by atoms with Gasteiger partial charge in [-0.2, -0.15) is 0 Å². The molecule has 0 saturated carbocycles. The van der Waals surface area contributed by atoms with Gasteiger partial charge in [-0.05, 0) is 24.8 Å². The number of aliphatic hydroxyl groups is 1. The molecule has 100 valence electrons. The van der Waals surface area contributed by atoms with Gasteiger partial charge in [-0.1, -0.05) is 0 Å². The molecule has 19 heavy (non-hydrogen) atoms. The van der Waals surface area contributed by atoms with E-state index in [1.165, 1.54) is 18.0 Å². The zero-order valence-corrected chi connectivity index (χ0v) is 11.2. The van der Waals surface area contributed by atoms with Crippen LogP contribution in [0.2, 0.25) is 0 Å². The highest BCUT2D eigenvalue weighted by atomic mass is 32.2. The van der Waals surface area contributed by atoms with Gasteiger partial charge in [-0.25, -0.2) is 9.97 Å². The molecule has 0 spiro atoms. The normalized spacial score (nSPS) is 10.7. The Hall–Kier alpha value is -1.93. The number of rotatable bonds is 4. The first-order valence-corrected chi connectivity index (χ1v) is 6.25. The van der Waals surface area contributed by atoms with Gasteiger partial charge in [0.2, 0.25) is 0 Å². The number of nitro groups is 1. The SMILES string of the molecule is Cc1cc(Sc2ncc(CO)n2C)ncc1[N+](=O)[O-]. The Morgan fingerprint density at radius 2 is 2.21 bits per heavy atom. The Morgan fingerprint density at radius 3 is 2.74 bits per heavy atom. The van der Waals surface area contributed by atoms with Gasteiger partial charge < -0.3 is 9.67 Å². The van der Waals surface area contributed by atoms with E-state index in [4.69, 9.17) is 5.11 Å². The number of pyridine rings is 1. The summed E-state index contributed by atoms with van der Waals surface area (Å²) in [5.41, 5.74) is 1.25. The van der Waals surface area contributed by atoms with E-state index in [1.807, 2.05) is 0 Å². The molecule has 0 aliphatic rings. The fourth-order valence-electron chi connectivity index (χ4n) is 1.53. The fraction of sp³-hybridized carbons (Fsp3) is 0.273. The van der Waals surface area contributed by atoms with Gasteiger partial charge in [0, 0.05) is 12.6 Å². The summed E-state index contributed by atoms with van der Waals surface area (Å²) in [5, 5.41) is 21.1. The molecule has 2 aromatic heterocycles. The molecule has 0 bridgehead atoms. The molecule has 0 atom stereocenters. The van der Waals surface area contributed by atoms with Gasteiger partial charge in [0.05, 0.1) is 23.4 Å². The van der Waals surface area contributed by atoms with Crippen LogP contribution >= 0.6 is 11.8 Å². The third-order valence-electron chi connectivity index (χ3n) is 2.65. The van der Waals surface area contributed by atoms with E-state index in [-0.39, 0.29) is 12.3 Å². The molecule has 1 N–H and O–H groups in total. The Kier molecular flexibility index (Phi) is 3.82. The molecule has 2 aromatic rings. The van der Waals surface area contributed by atoms with E-state index < -0.39 is 4.92 Å². The predicted octanol–water partition coefficient (Wildman–Crippen LogP) is 1.68. The lowest BCUT2D eigenvalue weighted by atomic mass is 10.3. The maximum Gasteiger partial charge on any atom is 0.290 e. The largest absolute Gasteiger partial charge is 0.390 e. The molecular weight excluding hydrogens is 268 g/mol. The van der Waals surface area contributed by atoms with E-state index in [1.54, 1.807) is 30.8 Å². The van der Waals surface area contributed by atoms with Gasteiger partial charge in [0.1, 0.15) is 11.2 Å². The average Bonchev–Trinajstić information content (AvgIpc) is 2.70. The van der Waals surface area contributed by atoms with Crippen LogP contribution in [-0.4, -0.2) is 24.6 Å². The zero-order chi connectivity index (χ0) is 14.0. The fourth-order valence-corrected chi connectivity index (χ4v) is 2.42. The number of imidazole rings is 1.